The molecule has 0 saturated carbocycles. The van der Waals surface area contributed by atoms with E-state index in [1.54, 1.807) is 0 Å². The molecule has 1 saturated heterocycles. The summed E-state index contributed by atoms with van der Waals surface area (Å²) in [5.74, 6) is 0.194. The second kappa shape index (κ2) is 7.03. The van der Waals surface area contributed by atoms with Crippen LogP contribution in [0.25, 0.3) is 0 Å². The van der Waals surface area contributed by atoms with Gasteiger partial charge >= 0.3 is 0 Å². The van der Waals surface area contributed by atoms with Crippen LogP contribution in [0.1, 0.15) is 32.1 Å². The average Bonchev–Trinajstić information content (AvgIpc) is 2.36. The summed E-state index contributed by atoms with van der Waals surface area (Å²) in [6.45, 7) is 0.795. The highest BCUT2D eigenvalue weighted by atomic mass is 35.5. The van der Waals surface area contributed by atoms with Crippen LogP contribution >= 0.6 is 23.2 Å². The first kappa shape index (κ1) is 14.5. The van der Waals surface area contributed by atoms with Gasteiger partial charge in [0.05, 0.1) is 6.10 Å². The SMILES string of the molecule is O=C(CCC1CCCCO1)Nc1cc(Cl)nc(Cl)n1. The Morgan fingerprint density at radius 2 is 2.26 bits per heavy atom. The summed E-state index contributed by atoms with van der Waals surface area (Å²) in [4.78, 5) is 19.3. The third-order valence-corrected chi connectivity index (χ3v) is 3.27. The van der Waals surface area contributed by atoms with Crippen LogP contribution in [0.3, 0.4) is 0 Å². The van der Waals surface area contributed by atoms with E-state index in [0.29, 0.717) is 12.2 Å². The van der Waals surface area contributed by atoms with E-state index >= 15 is 0 Å². The van der Waals surface area contributed by atoms with Crippen molar-refractivity contribution in [2.45, 2.75) is 38.2 Å². The Labute approximate surface area is 121 Å². The molecule has 0 spiro atoms. The standard InChI is InChI=1S/C12H15Cl2N3O2/c13-9-7-10(17-12(14)15-9)16-11(18)5-4-8-3-1-2-6-19-8/h7-8H,1-6H2,(H,15,16,17,18). The molecular weight excluding hydrogens is 289 g/mol. The normalized spacial score (nSPS) is 19.2. The molecule has 0 aliphatic carbocycles. The smallest absolute Gasteiger partial charge is 0.225 e. The quantitative estimate of drug-likeness (QED) is 0.686. The van der Waals surface area contributed by atoms with Gasteiger partial charge < -0.3 is 10.1 Å². The van der Waals surface area contributed by atoms with Crippen LogP contribution in [0.4, 0.5) is 5.82 Å². The molecule has 1 atom stereocenters. The first-order valence-electron chi connectivity index (χ1n) is 6.25. The van der Waals surface area contributed by atoms with Crippen molar-refractivity contribution in [1.29, 1.82) is 0 Å². The van der Waals surface area contributed by atoms with Crippen LogP contribution in [0.5, 0.6) is 0 Å². The Balaban J connectivity index is 1.80. The van der Waals surface area contributed by atoms with Crippen LogP contribution in [-0.4, -0.2) is 28.6 Å². The maximum Gasteiger partial charge on any atom is 0.225 e. The number of nitrogens with zero attached hydrogens (tertiary/aromatic N) is 2. The molecule has 19 heavy (non-hydrogen) atoms. The Kier molecular flexibility index (Phi) is 5.36. The molecule has 0 bridgehead atoms. The second-order valence-corrected chi connectivity index (χ2v) is 5.15. The van der Waals surface area contributed by atoms with Gasteiger partial charge in [-0.3, -0.25) is 4.79 Å². The van der Waals surface area contributed by atoms with Crippen molar-refractivity contribution in [3.63, 3.8) is 0 Å². The number of halogens is 2. The van der Waals surface area contributed by atoms with Gasteiger partial charge in [-0.1, -0.05) is 11.6 Å². The molecule has 2 heterocycles. The van der Waals surface area contributed by atoms with E-state index in [1.165, 1.54) is 12.5 Å². The summed E-state index contributed by atoms with van der Waals surface area (Å²) in [5, 5.41) is 2.86. The van der Waals surface area contributed by atoms with Crippen molar-refractivity contribution in [2.24, 2.45) is 0 Å². The van der Waals surface area contributed by atoms with Crippen molar-refractivity contribution >= 4 is 34.9 Å². The zero-order chi connectivity index (χ0) is 13.7. The van der Waals surface area contributed by atoms with Crippen molar-refractivity contribution in [1.82, 2.24) is 9.97 Å². The number of hydrogen-bond acceptors (Lipinski definition) is 4. The molecule has 1 aliphatic rings. The fraction of sp³-hybridized carbons (Fsp3) is 0.583. The van der Waals surface area contributed by atoms with Crippen molar-refractivity contribution in [3.05, 3.63) is 16.5 Å². The molecule has 2 rings (SSSR count). The molecule has 1 unspecified atom stereocenters. The number of rotatable bonds is 4. The molecule has 5 nitrogen and oxygen atoms in total. The minimum atomic E-state index is -0.125. The number of anilines is 1. The lowest BCUT2D eigenvalue weighted by molar-refractivity contribution is -0.117. The largest absolute Gasteiger partial charge is 0.378 e. The second-order valence-electron chi connectivity index (χ2n) is 4.42. The van der Waals surface area contributed by atoms with Gasteiger partial charge in [-0.2, -0.15) is 0 Å². The minimum absolute atomic E-state index is 0.0124. The zero-order valence-electron chi connectivity index (χ0n) is 10.4. The molecule has 0 aromatic carbocycles. The molecule has 1 aromatic rings. The van der Waals surface area contributed by atoms with Crippen LogP contribution < -0.4 is 5.32 Å². The fourth-order valence-corrected chi connectivity index (χ4v) is 2.40. The molecule has 104 valence electrons. The number of carbonyl (C=O) groups is 1. The van der Waals surface area contributed by atoms with Gasteiger partial charge in [0.1, 0.15) is 11.0 Å². The number of aromatic nitrogens is 2. The van der Waals surface area contributed by atoms with Crippen LogP contribution in [0, 0.1) is 0 Å². The molecule has 0 radical (unpaired) electrons. The molecular formula is C12H15Cl2N3O2. The highest BCUT2D eigenvalue weighted by Crippen LogP contribution is 2.18. The van der Waals surface area contributed by atoms with Gasteiger partial charge in [-0.25, -0.2) is 9.97 Å². The summed E-state index contributed by atoms with van der Waals surface area (Å²) in [7, 11) is 0. The summed E-state index contributed by atoms with van der Waals surface area (Å²) in [6.07, 6.45) is 4.61. The third kappa shape index (κ3) is 4.93. The predicted molar refractivity (Wildman–Crippen MR) is 73.5 cm³/mol. The molecule has 1 aliphatic heterocycles. The zero-order valence-corrected chi connectivity index (χ0v) is 11.9. The Morgan fingerprint density at radius 3 is 2.95 bits per heavy atom. The lowest BCUT2D eigenvalue weighted by Crippen LogP contribution is -2.22. The van der Waals surface area contributed by atoms with E-state index in [2.05, 4.69) is 15.3 Å². The van der Waals surface area contributed by atoms with Crippen molar-refractivity contribution < 1.29 is 9.53 Å². The highest BCUT2D eigenvalue weighted by molar-refractivity contribution is 6.32. The Morgan fingerprint density at radius 1 is 1.42 bits per heavy atom. The summed E-state index contributed by atoms with van der Waals surface area (Å²) in [5.41, 5.74) is 0. The van der Waals surface area contributed by atoms with E-state index in [9.17, 15) is 4.79 Å². The van der Waals surface area contributed by atoms with Gasteiger partial charge in [-0.15, -0.1) is 0 Å². The molecule has 1 aromatic heterocycles. The minimum Gasteiger partial charge on any atom is -0.378 e. The third-order valence-electron chi connectivity index (χ3n) is 2.90. The van der Waals surface area contributed by atoms with E-state index in [1.807, 2.05) is 0 Å². The van der Waals surface area contributed by atoms with Crippen LogP contribution in [0.15, 0.2) is 6.07 Å². The lowest BCUT2D eigenvalue weighted by atomic mass is 10.0. The lowest BCUT2D eigenvalue weighted by Gasteiger charge is -2.22. The topological polar surface area (TPSA) is 64.1 Å². The number of amides is 1. The van der Waals surface area contributed by atoms with Gasteiger partial charge in [0, 0.05) is 19.1 Å². The molecule has 1 fully saturated rings. The van der Waals surface area contributed by atoms with Gasteiger partial charge in [0.2, 0.25) is 11.2 Å². The predicted octanol–water partition coefficient (Wildman–Crippen LogP) is 3.07. The Hall–Kier alpha value is -0.910. The summed E-state index contributed by atoms with van der Waals surface area (Å²) >= 11 is 11.4. The summed E-state index contributed by atoms with van der Waals surface area (Å²) < 4.78 is 5.57. The number of carbonyl (C=O) groups excluding carboxylic acids is 1. The number of nitrogens with one attached hydrogen (secondary N) is 1. The van der Waals surface area contributed by atoms with Crippen LogP contribution in [0.2, 0.25) is 10.4 Å². The molecule has 1 N–H and O–H groups in total. The van der Waals surface area contributed by atoms with Gasteiger partial charge in [0.15, 0.2) is 0 Å². The number of ether oxygens (including phenoxy) is 1. The fourth-order valence-electron chi connectivity index (χ4n) is 1.99. The van der Waals surface area contributed by atoms with Gasteiger partial charge in [0.25, 0.3) is 0 Å². The molecule has 7 heteroatoms. The summed E-state index contributed by atoms with van der Waals surface area (Å²) in [6, 6.07) is 1.46. The monoisotopic (exact) mass is 303 g/mol. The van der Waals surface area contributed by atoms with E-state index in [-0.39, 0.29) is 22.4 Å². The van der Waals surface area contributed by atoms with Crippen molar-refractivity contribution in [3.8, 4) is 0 Å². The van der Waals surface area contributed by atoms with Crippen molar-refractivity contribution in [2.75, 3.05) is 11.9 Å². The van der Waals surface area contributed by atoms with E-state index < -0.39 is 0 Å². The highest BCUT2D eigenvalue weighted by Gasteiger charge is 2.15. The average molecular weight is 304 g/mol. The first-order chi connectivity index (χ1) is 9.13. The maximum atomic E-state index is 11.8. The first-order valence-corrected chi connectivity index (χ1v) is 7.00. The van der Waals surface area contributed by atoms with E-state index in [4.69, 9.17) is 27.9 Å². The van der Waals surface area contributed by atoms with Gasteiger partial charge in [-0.05, 0) is 37.3 Å². The van der Waals surface area contributed by atoms with E-state index in [0.717, 1.165) is 25.9 Å². The number of hydrogen-bond donors (Lipinski definition) is 1. The maximum absolute atomic E-state index is 11.8. The molecule has 1 amide bonds. The Bertz CT molecular complexity index is 430. The van der Waals surface area contributed by atoms with Crippen LogP contribution in [-0.2, 0) is 9.53 Å².